The third kappa shape index (κ3) is 4.02. The van der Waals surface area contributed by atoms with E-state index in [2.05, 4.69) is 23.0 Å². The number of hydrogen-bond acceptors (Lipinski definition) is 5. The first-order valence-electron chi connectivity index (χ1n) is 8.65. The minimum absolute atomic E-state index is 0.109. The minimum Gasteiger partial charge on any atom is -0.496 e. The van der Waals surface area contributed by atoms with Crippen LogP contribution in [0.3, 0.4) is 0 Å². The first-order chi connectivity index (χ1) is 12.1. The van der Waals surface area contributed by atoms with Crippen LogP contribution in [0.15, 0.2) is 34.9 Å². The number of carbonyl (C=O) groups is 1. The number of piperazine rings is 1. The van der Waals surface area contributed by atoms with Crippen molar-refractivity contribution in [2.45, 2.75) is 26.3 Å². The number of rotatable bonds is 5. The molecule has 0 radical (unpaired) electrons. The summed E-state index contributed by atoms with van der Waals surface area (Å²) < 4.78 is 10.5. The van der Waals surface area contributed by atoms with E-state index in [1.165, 1.54) is 5.56 Å². The number of benzene rings is 1. The zero-order valence-electron chi connectivity index (χ0n) is 15.1. The molecule has 3 rings (SSSR count). The number of para-hydroxylation sites is 1. The highest BCUT2D eigenvalue weighted by atomic mass is 16.5. The lowest BCUT2D eigenvalue weighted by Crippen LogP contribution is -2.49. The van der Waals surface area contributed by atoms with Crippen molar-refractivity contribution >= 4 is 5.91 Å². The third-order valence-electron chi connectivity index (χ3n) is 4.81. The van der Waals surface area contributed by atoms with E-state index in [1.807, 2.05) is 36.1 Å². The van der Waals surface area contributed by atoms with Crippen molar-refractivity contribution in [3.8, 4) is 5.75 Å². The lowest BCUT2D eigenvalue weighted by Gasteiger charge is -2.38. The second-order valence-corrected chi connectivity index (χ2v) is 6.44. The van der Waals surface area contributed by atoms with Gasteiger partial charge in [-0.2, -0.15) is 0 Å². The zero-order chi connectivity index (χ0) is 17.8. The molecule has 25 heavy (non-hydrogen) atoms. The first kappa shape index (κ1) is 17.5. The maximum atomic E-state index is 12.4. The van der Waals surface area contributed by atoms with Gasteiger partial charge in [-0.15, -0.1) is 0 Å². The van der Waals surface area contributed by atoms with Crippen LogP contribution < -0.4 is 4.74 Å². The predicted molar refractivity (Wildman–Crippen MR) is 94.5 cm³/mol. The molecule has 1 aliphatic rings. The van der Waals surface area contributed by atoms with Gasteiger partial charge in [0.05, 0.1) is 19.2 Å². The summed E-state index contributed by atoms with van der Waals surface area (Å²) in [6.07, 6.45) is 0.305. The largest absolute Gasteiger partial charge is 0.496 e. The fourth-order valence-corrected chi connectivity index (χ4v) is 3.33. The molecular weight excluding hydrogens is 318 g/mol. The number of ether oxygens (including phenoxy) is 1. The van der Waals surface area contributed by atoms with Gasteiger partial charge in [0, 0.05) is 43.9 Å². The average Bonchev–Trinajstić information content (AvgIpc) is 3.06. The Kier molecular flexibility index (Phi) is 5.38. The topological polar surface area (TPSA) is 58.8 Å². The Labute approximate surface area is 148 Å². The van der Waals surface area contributed by atoms with Crippen molar-refractivity contribution in [3.63, 3.8) is 0 Å². The van der Waals surface area contributed by atoms with Crippen LogP contribution in [-0.4, -0.2) is 54.2 Å². The van der Waals surface area contributed by atoms with Crippen LogP contribution in [0.1, 0.15) is 30.0 Å². The summed E-state index contributed by atoms with van der Waals surface area (Å²) in [6, 6.07) is 10.2. The number of methoxy groups -OCH3 is 1. The van der Waals surface area contributed by atoms with E-state index < -0.39 is 0 Å². The van der Waals surface area contributed by atoms with E-state index in [1.54, 1.807) is 7.11 Å². The molecule has 0 aliphatic carbocycles. The van der Waals surface area contributed by atoms with Gasteiger partial charge in [-0.05, 0) is 19.9 Å². The molecule has 0 N–H and O–H groups in total. The Morgan fingerprint density at radius 2 is 2.00 bits per heavy atom. The molecule has 1 fully saturated rings. The van der Waals surface area contributed by atoms with Gasteiger partial charge in [0.15, 0.2) is 0 Å². The molecule has 1 amide bonds. The minimum atomic E-state index is 0.109. The molecule has 6 heteroatoms. The van der Waals surface area contributed by atoms with Crippen molar-refractivity contribution in [1.82, 2.24) is 15.0 Å². The fraction of sp³-hybridized carbons (Fsp3) is 0.474. The van der Waals surface area contributed by atoms with E-state index in [-0.39, 0.29) is 11.9 Å². The molecule has 1 aliphatic heterocycles. The highest BCUT2D eigenvalue weighted by molar-refractivity contribution is 5.78. The lowest BCUT2D eigenvalue weighted by molar-refractivity contribution is -0.132. The van der Waals surface area contributed by atoms with Crippen LogP contribution in [0, 0.1) is 6.92 Å². The highest BCUT2D eigenvalue weighted by Gasteiger charge is 2.26. The van der Waals surface area contributed by atoms with Crippen LogP contribution in [0.2, 0.25) is 0 Å². The molecule has 1 aromatic heterocycles. The standard InChI is InChI=1S/C19H25N3O3/c1-14-12-16(20-25-14)13-19(23)22-10-8-21(9-11-22)15(2)17-6-4-5-7-18(17)24-3/h4-7,12,15H,8-11,13H2,1-3H3. The summed E-state index contributed by atoms with van der Waals surface area (Å²) in [5.74, 6) is 1.76. The summed E-state index contributed by atoms with van der Waals surface area (Å²) in [5.41, 5.74) is 1.88. The van der Waals surface area contributed by atoms with Crippen LogP contribution in [0.5, 0.6) is 5.75 Å². The number of carbonyl (C=O) groups excluding carboxylic acids is 1. The highest BCUT2D eigenvalue weighted by Crippen LogP contribution is 2.29. The molecular formula is C19H25N3O3. The van der Waals surface area contributed by atoms with Gasteiger partial charge in [0.25, 0.3) is 0 Å². The molecule has 2 aromatic rings. The Bertz CT molecular complexity index is 720. The van der Waals surface area contributed by atoms with E-state index in [9.17, 15) is 4.79 Å². The van der Waals surface area contributed by atoms with Gasteiger partial charge in [-0.25, -0.2) is 0 Å². The van der Waals surface area contributed by atoms with Crippen LogP contribution >= 0.6 is 0 Å². The van der Waals surface area contributed by atoms with Crippen LogP contribution in [-0.2, 0) is 11.2 Å². The van der Waals surface area contributed by atoms with Gasteiger partial charge >= 0.3 is 0 Å². The van der Waals surface area contributed by atoms with Crippen LogP contribution in [0.4, 0.5) is 0 Å². The maximum Gasteiger partial charge on any atom is 0.228 e. The molecule has 6 nitrogen and oxygen atoms in total. The molecule has 1 atom stereocenters. The van der Waals surface area contributed by atoms with Gasteiger partial charge in [-0.1, -0.05) is 23.4 Å². The lowest BCUT2D eigenvalue weighted by atomic mass is 10.0. The molecule has 2 heterocycles. The van der Waals surface area contributed by atoms with Crippen molar-refractivity contribution < 1.29 is 14.1 Å². The summed E-state index contributed by atoms with van der Waals surface area (Å²) in [7, 11) is 1.70. The SMILES string of the molecule is COc1ccccc1C(C)N1CCN(C(=O)Cc2cc(C)on2)CC1. The van der Waals surface area contributed by atoms with E-state index >= 15 is 0 Å². The van der Waals surface area contributed by atoms with E-state index in [0.29, 0.717) is 12.1 Å². The molecule has 0 bridgehead atoms. The smallest absolute Gasteiger partial charge is 0.228 e. The normalized spacial score (nSPS) is 16.7. The summed E-state index contributed by atoms with van der Waals surface area (Å²) in [5, 5.41) is 3.91. The number of aryl methyl sites for hydroxylation is 1. The van der Waals surface area contributed by atoms with Crippen molar-refractivity contribution in [2.75, 3.05) is 33.3 Å². The monoisotopic (exact) mass is 343 g/mol. The molecule has 1 unspecified atom stereocenters. The van der Waals surface area contributed by atoms with Crippen LogP contribution in [0.25, 0.3) is 0 Å². The van der Waals surface area contributed by atoms with E-state index in [0.717, 1.165) is 37.7 Å². The van der Waals surface area contributed by atoms with Gasteiger partial charge in [0.1, 0.15) is 11.5 Å². The summed E-state index contributed by atoms with van der Waals surface area (Å²) >= 11 is 0. The number of amides is 1. The van der Waals surface area contributed by atoms with Crippen molar-refractivity contribution in [2.24, 2.45) is 0 Å². The Morgan fingerprint density at radius 3 is 2.64 bits per heavy atom. The maximum absolute atomic E-state index is 12.4. The number of aromatic nitrogens is 1. The Balaban J connectivity index is 1.57. The Morgan fingerprint density at radius 1 is 1.28 bits per heavy atom. The van der Waals surface area contributed by atoms with Gasteiger partial charge < -0.3 is 14.2 Å². The second-order valence-electron chi connectivity index (χ2n) is 6.44. The van der Waals surface area contributed by atoms with Crippen molar-refractivity contribution in [3.05, 3.63) is 47.3 Å². The molecule has 134 valence electrons. The third-order valence-corrected chi connectivity index (χ3v) is 4.81. The van der Waals surface area contributed by atoms with Gasteiger partial charge in [0.2, 0.25) is 5.91 Å². The van der Waals surface area contributed by atoms with Gasteiger partial charge in [-0.3, -0.25) is 9.69 Å². The first-order valence-corrected chi connectivity index (χ1v) is 8.65. The average molecular weight is 343 g/mol. The molecule has 1 aromatic carbocycles. The number of nitrogens with zero attached hydrogens (tertiary/aromatic N) is 3. The molecule has 0 spiro atoms. The summed E-state index contributed by atoms with van der Waals surface area (Å²) in [6.45, 7) is 7.18. The van der Waals surface area contributed by atoms with Crippen molar-refractivity contribution in [1.29, 1.82) is 0 Å². The zero-order valence-corrected chi connectivity index (χ0v) is 15.1. The Hall–Kier alpha value is -2.34. The quantitative estimate of drug-likeness (QED) is 0.834. The predicted octanol–water partition coefficient (Wildman–Crippen LogP) is 2.44. The number of hydrogen-bond donors (Lipinski definition) is 0. The second kappa shape index (κ2) is 7.70. The van der Waals surface area contributed by atoms with E-state index in [4.69, 9.17) is 9.26 Å². The molecule has 1 saturated heterocycles. The fourth-order valence-electron chi connectivity index (χ4n) is 3.33. The summed E-state index contributed by atoms with van der Waals surface area (Å²) in [4.78, 5) is 16.7. The molecule has 0 saturated carbocycles.